The van der Waals surface area contributed by atoms with Gasteiger partial charge in [0.2, 0.25) is 5.91 Å². The van der Waals surface area contributed by atoms with Crippen LogP contribution in [0, 0.1) is 11.8 Å². The number of ketones is 1. The third-order valence-corrected chi connectivity index (χ3v) is 7.29. The van der Waals surface area contributed by atoms with Gasteiger partial charge in [0.25, 0.3) is 0 Å². The molecule has 0 spiro atoms. The van der Waals surface area contributed by atoms with Crippen molar-refractivity contribution in [3.8, 4) is 5.75 Å². The number of hydrogen-bond acceptors (Lipinski definition) is 6. The number of carbonyl (C=O) groups is 3. The number of carbonyl (C=O) groups excluding carboxylic acids is 3. The number of rotatable bonds is 18. The Labute approximate surface area is 228 Å². The van der Waals surface area contributed by atoms with Gasteiger partial charge >= 0.3 is 5.97 Å². The number of phenols is 1. The summed E-state index contributed by atoms with van der Waals surface area (Å²) >= 11 is 0. The van der Waals surface area contributed by atoms with Crippen LogP contribution in [0.4, 0.5) is 0 Å². The number of aliphatic hydroxyl groups is 1. The second-order valence-corrected chi connectivity index (χ2v) is 10.4. The number of benzene rings is 1. The van der Waals surface area contributed by atoms with Crippen molar-refractivity contribution >= 4 is 17.7 Å². The van der Waals surface area contributed by atoms with E-state index in [2.05, 4.69) is 18.3 Å². The Morgan fingerprint density at radius 1 is 1.08 bits per heavy atom. The van der Waals surface area contributed by atoms with Crippen molar-refractivity contribution < 1.29 is 29.3 Å². The van der Waals surface area contributed by atoms with E-state index < -0.39 is 18.1 Å². The highest BCUT2D eigenvalue weighted by Crippen LogP contribution is 2.34. The molecule has 0 bridgehead atoms. The lowest BCUT2D eigenvalue weighted by molar-refractivity contribution is -0.147. The lowest BCUT2D eigenvalue weighted by atomic mass is 9.89. The topological polar surface area (TPSA) is 113 Å². The lowest BCUT2D eigenvalue weighted by Gasteiger charge is -2.18. The van der Waals surface area contributed by atoms with Crippen molar-refractivity contribution in [3.63, 3.8) is 0 Å². The predicted octanol–water partition coefficient (Wildman–Crippen LogP) is 5.42. The van der Waals surface area contributed by atoms with E-state index >= 15 is 0 Å². The Kier molecular flexibility index (Phi) is 14.8. The van der Waals surface area contributed by atoms with E-state index in [0.717, 1.165) is 63.4 Å². The summed E-state index contributed by atoms with van der Waals surface area (Å²) < 4.78 is 5.13. The van der Waals surface area contributed by atoms with E-state index in [0.29, 0.717) is 31.5 Å². The van der Waals surface area contributed by atoms with Gasteiger partial charge in [-0.05, 0) is 56.2 Å². The van der Waals surface area contributed by atoms with Gasteiger partial charge in [0.1, 0.15) is 17.6 Å². The zero-order chi connectivity index (χ0) is 27.8. The summed E-state index contributed by atoms with van der Waals surface area (Å²) in [4.78, 5) is 37.3. The molecule has 0 heterocycles. The van der Waals surface area contributed by atoms with Gasteiger partial charge in [-0.1, -0.05) is 69.7 Å². The van der Waals surface area contributed by atoms with Crippen molar-refractivity contribution in [2.75, 3.05) is 6.61 Å². The molecule has 0 saturated heterocycles. The number of esters is 1. The summed E-state index contributed by atoms with van der Waals surface area (Å²) in [7, 11) is 0. The molecule has 7 heteroatoms. The third-order valence-electron chi connectivity index (χ3n) is 7.29. The maximum absolute atomic E-state index is 12.5. The van der Waals surface area contributed by atoms with Gasteiger partial charge in [-0.25, -0.2) is 4.79 Å². The monoisotopic (exact) mass is 529 g/mol. The second-order valence-electron chi connectivity index (χ2n) is 10.4. The first kappa shape index (κ1) is 31.5. The maximum Gasteiger partial charge on any atom is 0.328 e. The van der Waals surface area contributed by atoms with E-state index in [1.165, 1.54) is 0 Å². The van der Waals surface area contributed by atoms with Crippen molar-refractivity contribution in [3.05, 3.63) is 42.0 Å². The molecule has 38 heavy (non-hydrogen) atoms. The molecule has 4 atom stereocenters. The number of phenolic OH excluding ortho intramolecular Hbond substituents is 1. The molecule has 4 unspecified atom stereocenters. The molecular weight excluding hydrogens is 482 g/mol. The first-order valence-electron chi connectivity index (χ1n) is 14.5. The van der Waals surface area contributed by atoms with Crippen LogP contribution in [0.25, 0.3) is 0 Å². The van der Waals surface area contributed by atoms with Gasteiger partial charge in [0.05, 0.1) is 12.7 Å². The van der Waals surface area contributed by atoms with Crippen LogP contribution in [0.3, 0.4) is 0 Å². The SMILES string of the molecule is CCCCCC(O)C=CC1CCC(=O)C1CCCCCCC(=O)NC(Cc1ccc(O)cc1)C(=O)OCC. The van der Waals surface area contributed by atoms with Crippen LogP contribution in [0.15, 0.2) is 36.4 Å². The number of aromatic hydroxyl groups is 1. The number of nitrogens with one attached hydrogen (secondary N) is 1. The molecule has 1 aromatic carbocycles. The van der Waals surface area contributed by atoms with E-state index in [4.69, 9.17) is 4.74 Å². The molecule has 1 amide bonds. The fourth-order valence-corrected chi connectivity index (χ4v) is 5.08. The van der Waals surface area contributed by atoms with E-state index in [9.17, 15) is 24.6 Å². The fourth-order valence-electron chi connectivity index (χ4n) is 5.08. The number of amides is 1. The lowest BCUT2D eigenvalue weighted by Crippen LogP contribution is -2.43. The maximum atomic E-state index is 12.5. The Morgan fingerprint density at radius 2 is 1.82 bits per heavy atom. The normalized spacial score (nSPS) is 19.0. The molecular formula is C31H47NO6. The first-order chi connectivity index (χ1) is 18.3. The molecule has 1 aromatic rings. The van der Waals surface area contributed by atoms with Gasteiger partial charge in [0, 0.05) is 25.2 Å². The van der Waals surface area contributed by atoms with Crippen LogP contribution in [-0.4, -0.2) is 46.6 Å². The standard InChI is InChI=1S/C31H47NO6/c1-3-5-8-11-25(33)20-16-24-17-21-29(35)27(24)12-9-6-7-10-13-30(36)32-28(31(37)38-4-2)22-23-14-18-26(34)19-15-23/h14-16,18-20,24-25,27-28,33-34H,3-13,17,21-22H2,1-2H3,(H,32,36). The quantitative estimate of drug-likeness (QED) is 0.133. The van der Waals surface area contributed by atoms with Crippen LogP contribution >= 0.6 is 0 Å². The van der Waals surface area contributed by atoms with E-state index in [1.807, 2.05) is 6.08 Å². The van der Waals surface area contributed by atoms with Crippen molar-refractivity contribution in [1.82, 2.24) is 5.32 Å². The van der Waals surface area contributed by atoms with Gasteiger partial charge in [-0.2, -0.15) is 0 Å². The number of hydrogen-bond donors (Lipinski definition) is 3. The van der Waals surface area contributed by atoms with Crippen LogP contribution in [0.1, 0.15) is 96.5 Å². The summed E-state index contributed by atoms with van der Waals surface area (Å²) in [5.41, 5.74) is 0.821. The average Bonchev–Trinajstić information content (AvgIpc) is 3.25. The molecule has 0 aliphatic heterocycles. The molecule has 1 aliphatic rings. The molecule has 212 valence electrons. The minimum absolute atomic E-state index is 0.0441. The fraction of sp³-hybridized carbons (Fsp3) is 0.645. The molecule has 1 aliphatic carbocycles. The number of allylic oxidation sites excluding steroid dienone is 1. The molecule has 0 aromatic heterocycles. The first-order valence-corrected chi connectivity index (χ1v) is 14.5. The Hall–Kier alpha value is -2.67. The molecule has 1 fully saturated rings. The molecule has 7 nitrogen and oxygen atoms in total. The zero-order valence-electron chi connectivity index (χ0n) is 23.2. The van der Waals surface area contributed by atoms with Gasteiger partial charge in [-0.3, -0.25) is 9.59 Å². The largest absolute Gasteiger partial charge is 0.508 e. The van der Waals surface area contributed by atoms with Crippen LogP contribution in [0.5, 0.6) is 5.75 Å². The smallest absolute Gasteiger partial charge is 0.328 e. The highest BCUT2D eigenvalue weighted by atomic mass is 16.5. The minimum atomic E-state index is -0.768. The van der Waals surface area contributed by atoms with Crippen molar-refractivity contribution in [1.29, 1.82) is 0 Å². The van der Waals surface area contributed by atoms with E-state index in [1.54, 1.807) is 31.2 Å². The third kappa shape index (κ3) is 11.8. The summed E-state index contributed by atoms with van der Waals surface area (Å²) in [5.74, 6) is 0.0948. The van der Waals surface area contributed by atoms with Crippen molar-refractivity contribution in [2.24, 2.45) is 11.8 Å². The molecule has 2 rings (SSSR count). The summed E-state index contributed by atoms with van der Waals surface area (Å²) in [6, 6.07) is 5.78. The van der Waals surface area contributed by atoms with E-state index in [-0.39, 0.29) is 30.1 Å². The van der Waals surface area contributed by atoms with Crippen LogP contribution < -0.4 is 5.32 Å². The number of unbranched alkanes of at least 4 members (excludes halogenated alkanes) is 5. The van der Waals surface area contributed by atoms with Gasteiger partial charge in [-0.15, -0.1) is 0 Å². The van der Waals surface area contributed by atoms with Crippen LogP contribution in [-0.2, 0) is 25.5 Å². The summed E-state index contributed by atoms with van der Waals surface area (Å²) in [6.07, 6.45) is 14.0. The number of aliphatic hydroxyl groups excluding tert-OH is 1. The zero-order valence-corrected chi connectivity index (χ0v) is 23.2. The summed E-state index contributed by atoms with van der Waals surface area (Å²) in [6.45, 7) is 4.11. The predicted molar refractivity (Wildman–Crippen MR) is 149 cm³/mol. The highest BCUT2D eigenvalue weighted by Gasteiger charge is 2.32. The average molecular weight is 530 g/mol. The Balaban J connectivity index is 1.70. The van der Waals surface area contributed by atoms with Crippen molar-refractivity contribution in [2.45, 2.75) is 109 Å². The molecule has 0 radical (unpaired) electrons. The second kappa shape index (κ2) is 17.8. The molecule has 3 N–H and O–H groups in total. The van der Waals surface area contributed by atoms with Gasteiger partial charge in [0.15, 0.2) is 0 Å². The Morgan fingerprint density at radius 3 is 2.53 bits per heavy atom. The summed E-state index contributed by atoms with van der Waals surface area (Å²) in [5, 5.41) is 22.4. The highest BCUT2D eigenvalue weighted by molar-refractivity contribution is 5.85. The number of ether oxygens (including phenoxy) is 1. The van der Waals surface area contributed by atoms with Gasteiger partial charge < -0.3 is 20.3 Å². The number of Topliss-reactive ketones (excluding diaryl/α,β-unsaturated/α-hetero) is 1. The van der Waals surface area contributed by atoms with Crippen LogP contribution in [0.2, 0.25) is 0 Å². The minimum Gasteiger partial charge on any atom is -0.508 e. The molecule has 1 saturated carbocycles. The Bertz CT molecular complexity index is 881.